The molecule has 0 radical (unpaired) electrons. The summed E-state index contributed by atoms with van der Waals surface area (Å²) < 4.78 is 0. The summed E-state index contributed by atoms with van der Waals surface area (Å²) >= 11 is 0. The van der Waals surface area contributed by atoms with Gasteiger partial charge in [-0.1, -0.05) is 41.0 Å². The Morgan fingerprint density at radius 1 is 1.12 bits per heavy atom. The van der Waals surface area contributed by atoms with E-state index in [1.807, 2.05) is 13.8 Å². The zero-order chi connectivity index (χ0) is 13.3. The van der Waals surface area contributed by atoms with Crippen LogP contribution in [0.1, 0.15) is 66.7 Å². The van der Waals surface area contributed by atoms with Crippen LogP contribution >= 0.6 is 0 Å². The summed E-state index contributed by atoms with van der Waals surface area (Å²) in [5, 5.41) is 10.6. The third kappa shape index (κ3) is 4.97. The van der Waals surface area contributed by atoms with Crippen molar-refractivity contribution >= 4 is 0 Å². The van der Waals surface area contributed by atoms with Gasteiger partial charge in [-0.25, -0.2) is 0 Å². The van der Waals surface area contributed by atoms with Crippen molar-refractivity contribution in [3.8, 4) is 0 Å². The highest BCUT2D eigenvalue weighted by molar-refractivity contribution is 4.88. The van der Waals surface area contributed by atoms with Crippen molar-refractivity contribution < 1.29 is 5.11 Å². The van der Waals surface area contributed by atoms with Crippen LogP contribution in [0.15, 0.2) is 0 Å². The molecule has 0 saturated carbocycles. The fraction of sp³-hybridized carbons (Fsp3) is 1.00. The smallest absolute Gasteiger partial charge is 0.0674 e. The minimum atomic E-state index is -0.380. The highest BCUT2D eigenvalue weighted by atomic mass is 16.3. The van der Waals surface area contributed by atoms with Gasteiger partial charge in [-0.15, -0.1) is 0 Å². The second kappa shape index (κ2) is 8.93. The minimum absolute atomic E-state index is 0.380. The zero-order valence-electron chi connectivity index (χ0n) is 12.6. The van der Waals surface area contributed by atoms with E-state index in [0.29, 0.717) is 5.92 Å². The van der Waals surface area contributed by atoms with Crippen LogP contribution in [0.4, 0.5) is 0 Å². The first-order valence-electron chi connectivity index (χ1n) is 7.61. The average molecular weight is 243 g/mol. The summed E-state index contributed by atoms with van der Waals surface area (Å²) in [6.07, 6.45) is 5.34. The molecule has 2 nitrogen and oxygen atoms in total. The fourth-order valence-electron chi connectivity index (χ4n) is 2.89. The van der Waals surface area contributed by atoms with Gasteiger partial charge in [0, 0.05) is 0 Å². The summed E-state index contributed by atoms with van der Waals surface area (Å²) in [5.74, 6) is 0.533. The Balaban J connectivity index is 0.00000121. The molecule has 0 aromatic heterocycles. The molecular formula is C15H33NO. The molecule has 0 aromatic carbocycles. The van der Waals surface area contributed by atoms with Crippen LogP contribution in [-0.4, -0.2) is 35.2 Å². The van der Waals surface area contributed by atoms with Crippen LogP contribution in [0.25, 0.3) is 0 Å². The van der Waals surface area contributed by atoms with E-state index < -0.39 is 0 Å². The molecule has 0 aromatic rings. The van der Waals surface area contributed by atoms with Crippen molar-refractivity contribution in [2.24, 2.45) is 5.92 Å². The summed E-state index contributed by atoms with van der Waals surface area (Å²) in [6.45, 7) is 14.0. The lowest BCUT2D eigenvalue weighted by Crippen LogP contribution is -2.44. The number of hydrogen-bond donors (Lipinski definition) is 1. The molecule has 104 valence electrons. The molecule has 1 fully saturated rings. The van der Waals surface area contributed by atoms with Gasteiger partial charge < -0.3 is 10.0 Å². The normalized spacial score (nSPS) is 21.5. The molecule has 1 N–H and O–H groups in total. The Labute approximate surface area is 108 Å². The number of likely N-dealkylation sites (tertiary alicyclic amines) is 1. The van der Waals surface area contributed by atoms with E-state index in [4.69, 9.17) is 0 Å². The van der Waals surface area contributed by atoms with Gasteiger partial charge in [-0.2, -0.15) is 0 Å². The highest BCUT2D eigenvalue weighted by Crippen LogP contribution is 2.34. The average Bonchev–Trinajstić information content (AvgIpc) is 2.41. The molecular weight excluding hydrogens is 210 g/mol. The van der Waals surface area contributed by atoms with E-state index in [0.717, 1.165) is 25.8 Å². The number of aliphatic hydroxyl groups is 1. The van der Waals surface area contributed by atoms with Crippen molar-refractivity contribution in [1.82, 2.24) is 4.90 Å². The Morgan fingerprint density at radius 3 is 2.00 bits per heavy atom. The Kier molecular flexibility index (Phi) is 8.89. The van der Waals surface area contributed by atoms with E-state index in [1.54, 1.807) is 0 Å². The van der Waals surface area contributed by atoms with Gasteiger partial charge in [0.15, 0.2) is 0 Å². The predicted molar refractivity (Wildman–Crippen MR) is 76.3 cm³/mol. The van der Waals surface area contributed by atoms with Crippen molar-refractivity contribution in [3.63, 3.8) is 0 Å². The van der Waals surface area contributed by atoms with Gasteiger partial charge in [0.2, 0.25) is 0 Å². The number of hydrogen-bond acceptors (Lipinski definition) is 2. The molecule has 0 bridgehead atoms. The van der Waals surface area contributed by atoms with Crippen LogP contribution in [0.3, 0.4) is 0 Å². The molecule has 2 heteroatoms. The van der Waals surface area contributed by atoms with Crippen LogP contribution in [-0.2, 0) is 0 Å². The molecule has 1 aliphatic heterocycles. The van der Waals surface area contributed by atoms with Crippen LogP contribution in [0, 0.1) is 5.92 Å². The molecule has 1 saturated heterocycles. The topological polar surface area (TPSA) is 23.5 Å². The Hall–Kier alpha value is -0.0800. The maximum absolute atomic E-state index is 10.6. The van der Waals surface area contributed by atoms with Gasteiger partial charge in [0.1, 0.15) is 0 Å². The van der Waals surface area contributed by atoms with Gasteiger partial charge in [-0.05, 0) is 51.2 Å². The van der Waals surface area contributed by atoms with Gasteiger partial charge in [0.25, 0.3) is 0 Å². The number of nitrogens with zero attached hydrogens (tertiary/aromatic N) is 1. The lowest BCUT2D eigenvalue weighted by atomic mass is 9.76. The lowest BCUT2D eigenvalue weighted by Gasteiger charge is -2.41. The molecule has 1 rings (SSSR count). The third-order valence-corrected chi connectivity index (χ3v) is 4.09. The molecule has 0 spiro atoms. The summed E-state index contributed by atoms with van der Waals surface area (Å²) in [4.78, 5) is 2.48. The summed E-state index contributed by atoms with van der Waals surface area (Å²) in [7, 11) is 0. The first kappa shape index (κ1) is 16.9. The van der Waals surface area contributed by atoms with Crippen LogP contribution in [0.5, 0.6) is 0 Å². The van der Waals surface area contributed by atoms with Crippen LogP contribution in [0.2, 0.25) is 0 Å². The van der Waals surface area contributed by atoms with Crippen molar-refractivity contribution in [1.29, 1.82) is 0 Å². The molecule has 1 aliphatic rings. The van der Waals surface area contributed by atoms with E-state index in [2.05, 4.69) is 25.7 Å². The predicted octanol–water partition coefficient (Wildman–Crippen LogP) is 3.69. The number of piperidine rings is 1. The zero-order valence-corrected chi connectivity index (χ0v) is 12.6. The van der Waals surface area contributed by atoms with Crippen molar-refractivity contribution in [2.45, 2.75) is 72.3 Å². The minimum Gasteiger partial charge on any atom is -0.390 e. The lowest BCUT2D eigenvalue weighted by molar-refractivity contribution is -0.0524. The second-order valence-corrected chi connectivity index (χ2v) is 4.92. The molecule has 0 aliphatic carbocycles. The maximum Gasteiger partial charge on any atom is 0.0674 e. The molecule has 17 heavy (non-hydrogen) atoms. The molecule has 0 amide bonds. The largest absolute Gasteiger partial charge is 0.390 e. The summed E-state index contributed by atoms with van der Waals surface area (Å²) in [5.41, 5.74) is -0.380. The first-order chi connectivity index (χ1) is 8.16. The second-order valence-electron chi connectivity index (χ2n) is 4.92. The van der Waals surface area contributed by atoms with Gasteiger partial charge >= 0.3 is 0 Å². The van der Waals surface area contributed by atoms with Crippen LogP contribution < -0.4 is 0 Å². The van der Waals surface area contributed by atoms with E-state index in [1.165, 1.54) is 25.9 Å². The Morgan fingerprint density at radius 2 is 1.65 bits per heavy atom. The Bertz CT molecular complexity index is 176. The van der Waals surface area contributed by atoms with Crippen molar-refractivity contribution in [3.05, 3.63) is 0 Å². The SMILES string of the molecule is CC.CCCC(O)(CC)C1CCN(CC)CC1. The van der Waals surface area contributed by atoms with Crippen molar-refractivity contribution in [2.75, 3.05) is 19.6 Å². The van der Waals surface area contributed by atoms with E-state index >= 15 is 0 Å². The first-order valence-corrected chi connectivity index (χ1v) is 7.61. The molecule has 1 unspecified atom stereocenters. The van der Waals surface area contributed by atoms with Gasteiger partial charge in [0.05, 0.1) is 5.60 Å². The highest BCUT2D eigenvalue weighted by Gasteiger charge is 2.35. The number of rotatable bonds is 5. The maximum atomic E-state index is 10.6. The summed E-state index contributed by atoms with van der Waals surface area (Å²) in [6, 6.07) is 0. The fourth-order valence-corrected chi connectivity index (χ4v) is 2.89. The standard InChI is InChI=1S/C13H27NO.C2H6/c1-4-9-13(15,5-2)12-7-10-14(6-3)11-8-12;1-2/h12,15H,4-11H2,1-3H3;1-2H3. The quantitative estimate of drug-likeness (QED) is 0.796. The van der Waals surface area contributed by atoms with E-state index in [9.17, 15) is 5.11 Å². The molecule has 1 atom stereocenters. The monoisotopic (exact) mass is 243 g/mol. The van der Waals surface area contributed by atoms with Gasteiger partial charge in [-0.3, -0.25) is 0 Å². The molecule has 1 heterocycles. The van der Waals surface area contributed by atoms with E-state index in [-0.39, 0.29) is 5.60 Å². The third-order valence-electron chi connectivity index (χ3n) is 4.09.